The Balaban J connectivity index is 2.12. The van der Waals surface area contributed by atoms with Crippen molar-refractivity contribution in [3.63, 3.8) is 0 Å². The largest absolute Gasteiger partial charge is 0.395 e. The standard InChI is InChI=1S/C16H25NO3S/c1-14(15-8-4-2-5-9-15)13-21(19,20)17-11-7-3-6-10-16(17)12-18/h2,4-5,8-9,14,16,18H,3,6-7,10-13H2,1H3. The van der Waals surface area contributed by atoms with Crippen LogP contribution in [0, 0.1) is 0 Å². The first kappa shape index (κ1) is 16.5. The van der Waals surface area contributed by atoms with Gasteiger partial charge >= 0.3 is 0 Å². The molecule has 1 aliphatic rings. The molecule has 0 bridgehead atoms. The molecular formula is C16H25NO3S. The maximum absolute atomic E-state index is 12.7. The second-order valence-corrected chi connectivity index (χ2v) is 7.85. The summed E-state index contributed by atoms with van der Waals surface area (Å²) in [5, 5.41) is 9.49. The van der Waals surface area contributed by atoms with Crippen molar-refractivity contribution in [2.75, 3.05) is 18.9 Å². The smallest absolute Gasteiger partial charge is 0.215 e. The Morgan fingerprint density at radius 3 is 2.62 bits per heavy atom. The van der Waals surface area contributed by atoms with Gasteiger partial charge in [-0.15, -0.1) is 0 Å². The molecule has 0 spiro atoms. The molecule has 2 atom stereocenters. The minimum atomic E-state index is -3.34. The van der Waals surface area contributed by atoms with Crippen LogP contribution in [-0.4, -0.2) is 42.8 Å². The molecule has 1 aliphatic heterocycles. The molecule has 0 aliphatic carbocycles. The summed E-state index contributed by atoms with van der Waals surface area (Å²) in [5.41, 5.74) is 1.04. The van der Waals surface area contributed by atoms with Crippen LogP contribution in [0.5, 0.6) is 0 Å². The van der Waals surface area contributed by atoms with E-state index >= 15 is 0 Å². The molecule has 5 heteroatoms. The summed E-state index contributed by atoms with van der Waals surface area (Å²) in [5.74, 6) is 0.0619. The molecule has 0 radical (unpaired) electrons. The van der Waals surface area contributed by atoms with Gasteiger partial charge < -0.3 is 5.11 Å². The van der Waals surface area contributed by atoms with E-state index in [9.17, 15) is 13.5 Å². The normalized spacial score (nSPS) is 22.7. The summed E-state index contributed by atoms with van der Waals surface area (Å²) in [6.07, 6.45) is 3.67. The van der Waals surface area contributed by atoms with Crippen LogP contribution in [0.1, 0.15) is 44.1 Å². The Labute approximate surface area is 127 Å². The van der Waals surface area contributed by atoms with Crippen LogP contribution in [0.4, 0.5) is 0 Å². The summed E-state index contributed by atoms with van der Waals surface area (Å²) in [6, 6.07) is 9.47. The van der Waals surface area contributed by atoms with Gasteiger partial charge in [-0.1, -0.05) is 50.1 Å². The van der Waals surface area contributed by atoms with Gasteiger partial charge in [-0.2, -0.15) is 4.31 Å². The van der Waals surface area contributed by atoms with Crippen molar-refractivity contribution in [1.82, 2.24) is 4.31 Å². The van der Waals surface area contributed by atoms with E-state index in [-0.39, 0.29) is 24.3 Å². The summed E-state index contributed by atoms with van der Waals surface area (Å²) in [7, 11) is -3.34. The predicted molar refractivity (Wildman–Crippen MR) is 84.7 cm³/mol. The zero-order valence-corrected chi connectivity index (χ0v) is 13.4. The molecule has 1 aromatic carbocycles. The monoisotopic (exact) mass is 311 g/mol. The van der Waals surface area contributed by atoms with Crippen LogP contribution in [0.25, 0.3) is 0 Å². The SMILES string of the molecule is CC(CS(=O)(=O)N1CCCCCC1CO)c1ccccc1. The first-order valence-corrected chi connectivity index (χ1v) is 9.31. The number of rotatable bonds is 5. The molecule has 0 saturated carbocycles. The van der Waals surface area contributed by atoms with Gasteiger partial charge in [-0.25, -0.2) is 8.42 Å². The number of aliphatic hydroxyl groups excluding tert-OH is 1. The van der Waals surface area contributed by atoms with Crippen LogP contribution in [0.3, 0.4) is 0 Å². The van der Waals surface area contributed by atoms with Gasteiger partial charge in [0.1, 0.15) is 0 Å². The summed E-state index contributed by atoms with van der Waals surface area (Å²) >= 11 is 0. The molecule has 2 rings (SSSR count). The quantitative estimate of drug-likeness (QED) is 0.908. The van der Waals surface area contributed by atoms with Gasteiger partial charge in [-0.3, -0.25) is 0 Å². The molecule has 21 heavy (non-hydrogen) atoms. The van der Waals surface area contributed by atoms with E-state index in [1.54, 1.807) is 4.31 Å². The van der Waals surface area contributed by atoms with E-state index in [1.807, 2.05) is 37.3 Å². The first-order valence-electron chi connectivity index (χ1n) is 7.70. The van der Waals surface area contributed by atoms with E-state index < -0.39 is 10.0 Å². The molecule has 1 fully saturated rings. The van der Waals surface area contributed by atoms with Crippen molar-refractivity contribution in [3.05, 3.63) is 35.9 Å². The highest BCUT2D eigenvalue weighted by molar-refractivity contribution is 7.89. The van der Waals surface area contributed by atoms with Gasteiger partial charge in [-0.05, 0) is 24.3 Å². The van der Waals surface area contributed by atoms with Crippen LogP contribution in [0.2, 0.25) is 0 Å². The Hall–Kier alpha value is -0.910. The molecule has 1 aromatic rings. The van der Waals surface area contributed by atoms with E-state index in [1.165, 1.54) is 0 Å². The highest BCUT2D eigenvalue weighted by atomic mass is 32.2. The predicted octanol–water partition coefficient (Wildman–Crippen LogP) is 2.36. The van der Waals surface area contributed by atoms with Gasteiger partial charge in [0, 0.05) is 12.6 Å². The van der Waals surface area contributed by atoms with Gasteiger partial charge in [0.05, 0.1) is 12.4 Å². The Bertz CT molecular complexity index is 530. The minimum absolute atomic E-state index is 0.0428. The number of benzene rings is 1. The van der Waals surface area contributed by atoms with Crippen molar-refractivity contribution >= 4 is 10.0 Å². The highest BCUT2D eigenvalue weighted by Crippen LogP contribution is 2.24. The topological polar surface area (TPSA) is 57.6 Å². The first-order chi connectivity index (χ1) is 10.0. The lowest BCUT2D eigenvalue weighted by atomic mass is 10.0. The Morgan fingerprint density at radius 1 is 1.24 bits per heavy atom. The van der Waals surface area contributed by atoms with Crippen LogP contribution in [0.15, 0.2) is 30.3 Å². The average Bonchev–Trinajstić information content (AvgIpc) is 2.73. The second-order valence-electron chi connectivity index (χ2n) is 5.89. The summed E-state index contributed by atoms with van der Waals surface area (Å²) in [6.45, 7) is 2.40. The molecule has 4 nitrogen and oxygen atoms in total. The van der Waals surface area contributed by atoms with Crippen molar-refractivity contribution in [2.24, 2.45) is 0 Å². The van der Waals surface area contributed by atoms with Gasteiger partial charge in [0.2, 0.25) is 10.0 Å². The zero-order valence-electron chi connectivity index (χ0n) is 12.6. The molecule has 1 N–H and O–H groups in total. The van der Waals surface area contributed by atoms with E-state index in [4.69, 9.17) is 0 Å². The number of nitrogens with zero attached hydrogens (tertiary/aromatic N) is 1. The zero-order chi connectivity index (χ0) is 15.3. The van der Waals surface area contributed by atoms with Crippen LogP contribution < -0.4 is 0 Å². The third-order valence-corrected chi connectivity index (χ3v) is 6.34. The fourth-order valence-corrected chi connectivity index (χ4v) is 5.04. The lowest BCUT2D eigenvalue weighted by molar-refractivity contribution is 0.186. The van der Waals surface area contributed by atoms with Crippen LogP contribution >= 0.6 is 0 Å². The molecule has 118 valence electrons. The molecule has 0 amide bonds. The summed E-state index contributed by atoms with van der Waals surface area (Å²) < 4.78 is 27.0. The van der Waals surface area contributed by atoms with E-state index in [2.05, 4.69) is 0 Å². The summed E-state index contributed by atoms with van der Waals surface area (Å²) in [4.78, 5) is 0. The van der Waals surface area contributed by atoms with Crippen molar-refractivity contribution in [3.8, 4) is 0 Å². The number of hydrogen-bond acceptors (Lipinski definition) is 3. The molecule has 2 unspecified atom stereocenters. The van der Waals surface area contributed by atoms with Gasteiger partial charge in [0.15, 0.2) is 0 Å². The highest BCUT2D eigenvalue weighted by Gasteiger charge is 2.31. The third-order valence-electron chi connectivity index (χ3n) is 4.22. The van der Waals surface area contributed by atoms with Crippen molar-refractivity contribution in [1.29, 1.82) is 0 Å². The minimum Gasteiger partial charge on any atom is -0.395 e. The van der Waals surface area contributed by atoms with E-state index in [0.717, 1.165) is 31.2 Å². The molecule has 1 saturated heterocycles. The van der Waals surface area contributed by atoms with Crippen molar-refractivity contribution in [2.45, 2.75) is 44.6 Å². The average molecular weight is 311 g/mol. The molecule has 1 heterocycles. The lowest BCUT2D eigenvalue weighted by Crippen LogP contribution is -2.43. The Kier molecular flexibility index (Phi) is 5.79. The number of aliphatic hydroxyl groups is 1. The fraction of sp³-hybridized carbons (Fsp3) is 0.625. The second kappa shape index (κ2) is 7.38. The van der Waals surface area contributed by atoms with Gasteiger partial charge in [0.25, 0.3) is 0 Å². The molecular weight excluding hydrogens is 286 g/mol. The number of hydrogen-bond donors (Lipinski definition) is 1. The lowest BCUT2D eigenvalue weighted by Gasteiger charge is -2.29. The van der Waals surface area contributed by atoms with E-state index in [0.29, 0.717) is 6.54 Å². The third kappa shape index (κ3) is 4.28. The Morgan fingerprint density at radius 2 is 1.95 bits per heavy atom. The van der Waals surface area contributed by atoms with Crippen LogP contribution in [-0.2, 0) is 10.0 Å². The van der Waals surface area contributed by atoms with Crippen molar-refractivity contribution < 1.29 is 13.5 Å². The number of sulfonamides is 1. The maximum Gasteiger partial charge on any atom is 0.215 e. The fourth-order valence-electron chi connectivity index (χ4n) is 2.99. The maximum atomic E-state index is 12.7. The molecule has 0 aromatic heterocycles.